The van der Waals surface area contributed by atoms with Crippen molar-refractivity contribution in [2.75, 3.05) is 6.54 Å². The predicted molar refractivity (Wildman–Crippen MR) is 134 cm³/mol. The SMILES string of the molecule is CC(C)(C)NC(=O)NC(C(=O)N1C[C@H]2C([C@H]1C(=O)NC(CC1CC1)C(=O)C(N)=O)C2(C)C)C(C)(C)C. The van der Waals surface area contributed by atoms with Crippen LogP contribution in [0.25, 0.3) is 0 Å². The zero-order chi connectivity index (χ0) is 27.4. The Morgan fingerprint density at radius 3 is 2.06 bits per heavy atom. The van der Waals surface area contributed by atoms with E-state index in [4.69, 9.17) is 5.73 Å². The summed E-state index contributed by atoms with van der Waals surface area (Å²) in [5.41, 5.74) is 4.01. The maximum Gasteiger partial charge on any atom is 0.315 e. The maximum absolute atomic E-state index is 13.9. The molecular formula is C26H43N5O5. The molecule has 2 saturated carbocycles. The Bertz CT molecular complexity index is 943. The number of amides is 5. The van der Waals surface area contributed by atoms with Crippen LogP contribution in [0.15, 0.2) is 0 Å². The minimum absolute atomic E-state index is 0.0734. The highest BCUT2D eigenvalue weighted by Crippen LogP contribution is 2.65. The van der Waals surface area contributed by atoms with Crippen LogP contribution in [0.4, 0.5) is 4.79 Å². The number of piperidine rings is 1. The number of ketones is 1. The van der Waals surface area contributed by atoms with Gasteiger partial charge in [-0.25, -0.2) is 4.79 Å². The van der Waals surface area contributed by atoms with Crippen LogP contribution in [-0.4, -0.2) is 64.6 Å². The molecule has 1 saturated heterocycles. The molecule has 1 heterocycles. The Hall–Kier alpha value is -2.65. The molecule has 0 aromatic carbocycles. The number of hydrogen-bond acceptors (Lipinski definition) is 5. The van der Waals surface area contributed by atoms with Crippen molar-refractivity contribution in [3.8, 4) is 0 Å². The first-order valence-corrected chi connectivity index (χ1v) is 12.9. The molecule has 3 unspecified atom stereocenters. The van der Waals surface area contributed by atoms with Gasteiger partial charge in [0.2, 0.25) is 17.6 Å². The Morgan fingerprint density at radius 1 is 1.00 bits per heavy atom. The monoisotopic (exact) mass is 505 g/mol. The van der Waals surface area contributed by atoms with E-state index >= 15 is 0 Å². The average Bonchev–Trinajstić information content (AvgIpc) is 3.55. The summed E-state index contributed by atoms with van der Waals surface area (Å²) in [6.07, 6.45) is 2.25. The Kier molecular flexibility index (Phi) is 7.24. The fourth-order valence-corrected chi connectivity index (χ4v) is 5.48. The molecule has 5 N–H and O–H groups in total. The van der Waals surface area contributed by atoms with Gasteiger partial charge in [-0.15, -0.1) is 0 Å². The van der Waals surface area contributed by atoms with Gasteiger partial charge in [-0.05, 0) is 55.8 Å². The second-order valence-corrected chi connectivity index (χ2v) is 13.5. The molecule has 1 aliphatic heterocycles. The van der Waals surface area contributed by atoms with Gasteiger partial charge in [-0.2, -0.15) is 0 Å². The normalized spacial score (nSPS) is 26.3. The molecule has 0 bridgehead atoms. The van der Waals surface area contributed by atoms with Crippen molar-refractivity contribution < 1.29 is 24.0 Å². The summed E-state index contributed by atoms with van der Waals surface area (Å²) in [5, 5.41) is 8.40. The third kappa shape index (κ3) is 6.00. The lowest BCUT2D eigenvalue weighted by atomic mass is 9.85. The molecule has 0 aromatic rings. The number of likely N-dealkylation sites (tertiary alicyclic amines) is 1. The summed E-state index contributed by atoms with van der Waals surface area (Å²) in [6.45, 7) is 15.7. The van der Waals surface area contributed by atoms with Crippen LogP contribution in [0, 0.1) is 28.6 Å². The number of nitrogens with two attached hydrogens (primary N) is 1. The van der Waals surface area contributed by atoms with Crippen LogP contribution >= 0.6 is 0 Å². The number of rotatable bonds is 8. The van der Waals surface area contributed by atoms with Crippen molar-refractivity contribution in [2.24, 2.45) is 34.3 Å². The number of fused-ring (bicyclic) bond motifs is 1. The number of Topliss-reactive ketones (excluding diaryl/α,β-unsaturated/α-hetero) is 1. The van der Waals surface area contributed by atoms with Crippen molar-refractivity contribution >= 4 is 29.5 Å². The third-order valence-corrected chi connectivity index (χ3v) is 7.78. The van der Waals surface area contributed by atoms with E-state index in [1.807, 2.05) is 41.5 Å². The van der Waals surface area contributed by atoms with Gasteiger partial charge in [0.1, 0.15) is 12.1 Å². The molecule has 2 aliphatic carbocycles. The van der Waals surface area contributed by atoms with Gasteiger partial charge in [0, 0.05) is 12.1 Å². The second kappa shape index (κ2) is 9.34. The largest absolute Gasteiger partial charge is 0.363 e. The number of nitrogens with one attached hydrogen (secondary N) is 3. The van der Waals surface area contributed by atoms with Gasteiger partial charge in [0.15, 0.2) is 0 Å². The van der Waals surface area contributed by atoms with Crippen molar-refractivity contribution in [3.63, 3.8) is 0 Å². The van der Waals surface area contributed by atoms with E-state index in [1.165, 1.54) is 0 Å². The standard InChI is InChI=1S/C26H43N5O5/c1-24(2,3)19(29-23(36)30-25(4,5)6)22(35)31-12-14-16(26(14,7)8)17(31)21(34)28-15(11-13-9-10-13)18(32)20(27)33/h13-17,19H,9-12H2,1-8H3,(H2,27,33)(H,28,34)(H2,29,30,36)/t14-,15?,16?,17-,19?/m0/s1. The third-order valence-electron chi connectivity index (χ3n) is 7.78. The van der Waals surface area contributed by atoms with Crippen LogP contribution in [0.5, 0.6) is 0 Å². The summed E-state index contributed by atoms with van der Waals surface area (Å²) in [6, 6.07) is -3.12. The predicted octanol–water partition coefficient (Wildman–Crippen LogP) is 1.32. The van der Waals surface area contributed by atoms with Crippen LogP contribution in [0.2, 0.25) is 0 Å². The summed E-state index contributed by atoms with van der Waals surface area (Å²) in [7, 11) is 0. The highest BCUT2D eigenvalue weighted by molar-refractivity contribution is 6.37. The van der Waals surface area contributed by atoms with Crippen molar-refractivity contribution in [1.29, 1.82) is 0 Å². The lowest BCUT2D eigenvalue weighted by Gasteiger charge is -2.38. The zero-order valence-corrected chi connectivity index (χ0v) is 22.9. The van der Waals surface area contributed by atoms with Gasteiger partial charge in [-0.3, -0.25) is 19.2 Å². The molecule has 36 heavy (non-hydrogen) atoms. The van der Waals surface area contributed by atoms with E-state index in [-0.39, 0.29) is 29.1 Å². The fourth-order valence-electron chi connectivity index (χ4n) is 5.48. The topological polar surface area (TPSA) is 151 Å². The van der Waals surface area contributed by atoms with Crippen molar-refractivity contribution in [3.05, 3.63) is 0 Å². The van der Waals surface area contributed by atoms with E-state index < -0.39 is 52.7 Å². The van der Waals surface area contributed by atoms with E-state index in [0.717, 1.165) is 12.8 Å². The molecular weight excluding hydrogens is 462 g/mol. The number of urea groups is 1. The highest BCUT2D eigenvalue weighted by atomic mass is 16.2. The molecule has 3 rings (SSSR count). The van der Waals surface area contributed by atoms with Gasteiger partial charge < -0.3 is 26.6 Å². The highest BCUT2D eigenvalue weighted by Gasteiger charge is 2.70. The van der Waals surface area contributed by atoms with Gasteiger partial charge >= 0.3 is 6.03 Å². The lowest BCUT2D eigenvalue weighted by molar-refractivity contribution is -0.145. The Balaban J connectivity index is 1.83. The average molecular weight is 506 g/mol. The maximum atomic E-state index is 13.9. The quantitative estimate of drug-likeness (QED) is 0.367. The number of carbonyl (C=O) groups is 5. The summed E-state index contributed by atoms with van der Waals surface area (Å²) in [4.78, 5) is 65.7. The molecule has 0 aromatic heterocycles. The summed E-state index contributed by atoms with van der Waals surface area (Å²) < 4.78 is 0. The van der Waals surface area contributed by atoms with Crippen molar-refractivity contribution in [1.82, 2.24) is 20.9 Å². The second-order valence-electron chi connectivity index (χ2n) is 13.5. The Morgan fingerprint density at radius 2 is 1.58 bits per heavy atom. The first-order valence-electron chi connectivity index (χ1n) is 12.9. The number of primary amides is 1. The first kappa shape index (κ1) is 27.9. The molecule has 5 atom stereocenters. The molecule has 202 valence electrons. The minimum Gasteiger partial charge on any atom is -0.363 e. The summed E-state index contributed by atoms with van der Waals surface area (Å²) in [5.74, 6) is -2.34. The van der Waals surface area contributed by atoms with E-state index in [9.17, 15) is 24.0 Å². The van der Waals surface area contributed by atoms with Crippen LogP contribution in [-0.2, 0) is 19.2 Å². The molecule has 0 radical (unpaired) electrons. The number of hydrogen-bond donors (Lipinski definition) is 4. The summed E-state index contributed by atoms with van der Waals surface area (Å²) >= 11 is 0. The first-order chi connectivity index (χ1) is 16.3. The molecule has 10 nitrogen and oxygen atoms in total. The van der Waals surface area contributed by atoms with Crippen LogP contribution in [0.3, 0.4) is 0 Å². The molecule has 3 aliphatic rings. The van der Waals surface area contributed by atoms with E-state index in [2.05, 4.69) is 29.8 Å². The molecule has 3 fully saturated rings. The minimum atomic E-state index is -1.08. The number of carbonyl (C=O) groups excluding carboxylic acids is 5. The lowest BCUT2D eigenvalue weighted by Crippen LogP contribution is -2.62. The van der Waals surface area contributed by atoms with E-state index in [1.54, 1.807) is 4.90 Å². The van der Waals surface area contributed by atoms with Crippen LogP contribution < -0.4 is 21.7 Å². The molecule has 10 heteroatoms. The van der Waals surface area contributed by atoms with Gasteiger partial charge in [0.05, 0.1) is 6.04 Å². The van der Waals surface area contributed by atoms with Crippen LogP contribution in [0.1, 0.15) is 74.7 Å². The van der Waals surface area contributed by atoms with E-state index in [0.29, 0.717) is 13.0 Å². The Labute approximate surface area is 213 Å². The van der Waals surface area contributed by atoms with Gasteiger partial charge in [0.25, 0.3) is 5.91 Å². The zero-order valence-electron chi connectivity index (χ0n) is 22.9. The van der Waals surface area contributed by atoms with Gasteiger partial charge in [-0.1, -0.05) is 47.5 Å². The smallest absolute Gasteiger partial charge is 0.315 e. The molecule has 0 spiro atoms. The number of nitrogens with zero attached hydrogens (tertiary/aromatic N) is 1. The van der Waals surface area contributed by atoms with Crippen molar-refractivity contribution in [2.45, 2.75) is 98.3 Å². The molecule has 5 amide bonds. The fraction of sp³-hybridized carbons (Fsp3) is 0.808.